The lowest BCUT2D eigenvalue weighted by atomic mass is 10.1. The summed E-state index contributed by atoms with van der Waals surface area (Å²) >= 11 is 0. The molecule has 0 atom stereocenters. The quantitative estimate of drug-likeness (QED) is 0.670. The second-order valence-electron chi connectivity index (χ2n) is 5.19. The van der Waals surface area contributed by atoms with E-state index >= 15 is 0 Å². The van der Waals surface area contributed by atoms with E-state index in [0.29, 0.717) is 17.8 Å². The lowest BCUT2D eigenvalue weighted by Gasteiger charge is -2.10. The van der Waals surface area contributed by atoms with Gasteiger partial charge in [-0.25, -0.2) is 4.79 Å². The van der Waals surface area contributed by atoms with Crippen LogP contribution in [0.4, 0.5) is 10.5 Å². The van der Waals surface area contributed by atoms with E-state index in [1.807, 2.05) is 0 Å². The van der Waals surface area contributed by atoms with Gasteiger partial charge in [0.05, 0.1) is 6.42 Å². The molecule has 5 nitrogen and oxygen atoms in total. The zero-order valence-electron chi connectivity index (χ0n) is 11.4. The number of nitrogens with one attached hydrogen (secondary N) is 2. The van der Waals surface area contributed by atoms with Gasteiger partial charge in [-0.05, 0) is 30.4 Å². The van der Waals surface area contributed by atoms with Gasteiger partial charge >= 0.3 is 12.0 Å². The summed E-state index contributed by atoms with van der Waals surface area (Å²) in [6, 6.07) is 6.67. The molecule has 1 aromatic rings. The van der Waals surface area contributed by atoms with Crippen molar-refractivity contribution in [2.24, 2.45) is 5.92 Å². The van der Waals surface area contributed by atoms with Gasteiger partial charge < -0.3 is 15.7 Å². The summed E-state index contributed by atoms with van der Waals surface area (Å²) in [6.07, 6.45) is 4.73. The SMILES string of the molecule is O=C(O)Cc1ccccc1NC(=O)NCCCC1CC1. The predicted molar refractivity (Wildman–Crippen MR) is 76.8 cm³/mol. The molecule has 2 rings (SSSR count). The van der Waals surface area contributed by atoms with Crippen molar-refractivity contribution in [2.75, 3.05) is 11.9 Å². The Labute approximate surface area is 118 Å². The summed E-state index contributed by atoms with van der Waals surface area (Å²) in [7, 11) is 0. The van der Waals surface area contributed by atoms with Gasteiger partial charge in [0.25, 0.3) is 0 Å². The van der Waals surface area contributed by atoms with Crippen LogP contribution in [-0.4, -0.2) is 23.7 Å². The number of carboxylic acid groups (broad SMARTS) is 1. The highest BCUT2D eigenvalue weighted by Crippen LogP contribution is 2.33. The van der Waals surface area contributed by atoms with Gasteiger partial charge in [0, 0.05) is 12.2 Å². The van der Waals surface area contributed by atoms with E-state index in [1.165, 1.54) is 19.3 Å². The molecule has 1 saturated carbocycles. The lowest BCUT2D eigenvalue weighted by molar-refractivity contribution is -0.136. The molecule has 0 spiro atoms. The van der Waals surface area contributed by atoms with Gasteiger partial charge in [0.15, 0.2) is 0 Å². The van der Waals surface area contributed by atoms with E-state index in [-0.39, 0.29) is 12.5 Å². The monoisotopic (exact) mass is 276 g/mol. The van der Waals surface area contributed by atoms with Gasteiger partial charge in [-0.15, -0.1) is 0 Å². The van der Waals surface area contributed by atoms with Crippen LogP contribution in [0, 0.1) is 5.92 Å². The van der Waals surface area contributed by atoms with Crippen molar-refractivity contribution < 1.29 is 14.7 Å². The molecule has 0 radical (unpaired) electrons. The number of urea groups is 1. The summed E-state index contributed by atoms with van der Waals surface area (Å²) < 4.78 is 0. The maximum Gasteiger partial charge on any atom is 0.319 e. The lowest BCUT2D eigenvalue weighted by Crippen LogP contribution is -2.30. The molecule has 0 aliphatic heterocycles. The molecule has 2 amide bonds. The van der Waals surface area contributed by atoms with E-state index in [2.05, 4.69) is 10.6 Å². The summed E-state index contributed by atoms with van der Waals surface area (Å²) in [5.41, 5.74) is 1.16. The third kappa shape index (κ3) is 4.91. The highest BCUT2D eigenvalue weighted by atomic mass is 16.4. The molecule has 20 heavy (non-hydrogen) atoms. The van der Waals surface area contributed by atoms with E-state index in [4.69, 9.17) is 5.11 Å². The highest BCUT2D eigenvalue weighted by molar-refractivity contribution is 5.90. The van der Waals surface area contributed by atoms with Gasteiger partial charge in [0.2, 0.25) is 0 Å². The molecule has 1 aliphatic carbocycles. The average molecular weight is 276 g/mol. The summed E-state index contributed by atoms with van der Waals surface area (Å²) in [5, 5.41) is 14.3. The number of carbonyl (C=O) groups is 2. The Morgan fingerprint density at radius 3 is 2.70 bits per heavy atom. The van der Waals surface area contributed by atoms with Gasteiger partial charge in [-0.3, -0.25) is 4.79 Å². The highest BCUT2D eigenvalue weighted by Gasteiger charge is 2.20. The number of para-hydroxylation sites is 1. The first-order valence-electron chi connectivity index (χ1n) is 6.99. The number of hydrogen-bond acceptors (Lipinski definition) is 2. The third-order valence-corrected chi connectivity index (χ3v) is 3.38. The molecular formula is C15H20N2O3. The number of anilines is 1. The van der Waals surface area contributed by atoms with Crippen molar-refractivity contribution in [3.63, 3.8) is 0 Å². The largest absolute Gasteiger partial charge is 0.481 e. The van der Waals surface area contributed by atoms with Crippen LogP contribution in [-0.2, 0) is 11.2 Å². The first-order valence-corrected chi connectivity index (χ1v) is 6.99. The Morgan fingerprint density at radius 1 is 1.25 bits per heavy atom. The van der Waals surface area contributed by atoms with E-state index in [0.717, 1.165) is 12.3 Å². The van der Waals surface area contributed by atoms with Crippen LogP contribution < -0.4 is 10.6 Å². The molecule has 1 aromatic carbocycles. The maximum atomic E-state index is 11.7. The zero-order valence-corrected chi connectivity index (χ0v) is 11.4. The number of rotatable bonds is 7. The second kappa shape index (κ2) is 6.93. The van der Waals surface area contributed by atoms with Gasteiger partial charge in [-0.1, -0.05) is 31.0 Å². The molecule has 108 valence electrons. The number of benzene rings is 1. The fourth-order valence-corrected chi connectivity index (χ4v) is 2.13. The van der Waals surface area contributed by atoms with E-state index in [9.17, 15) is 9.59 Å². The third-order valence-electron chi connectivity index (χ3n) is 3.38. The fraction of sp³-hybridized carbons (Fsp3) is 0.467. The number of amides is 2. The van der Waals surface area contributed by atoms with Crippen molar-refractivity contribution in [3.05, 3.63) is 29.8 Å². The smallest absolute Gasteiger partial charge is 0.319 e. The number of aliphatic carboxylic acids is 1. The Hall–Kier alpha value is -2.04. The van der Waals surface area contributed by atoms with E-state index in [1.54, 1.807) is 24.3 Å². The maximum absolute atomic E-state index is 11.7. The minimum absolute atomic E-state index is 0.0991. The van der Waals surface area contributed by atoms with Crippen LogP contribution in [0.2, 0.25) is 0 Å². The van der Waals surface area contributed by atoms with Crippen LogP contribution in [0.5, 0.6) is 0 Å². The van der Waals surface area contributed by atoms with Crippen molar-refractivity contribution >= 4 is 17.7 Å². The Balaban J connectivity index is 1.78. The van der Waals surface area contributed by atoms with Gasteiger partial charge in [-0.2, -0.15) is 0 Å². The van der Waals surface area contributed by atoms with Crippen LogP contribution in [0.25, 0.3) is 0 Å². The molecular weight excluding hydrogens is 256 g/mol. The Morgan fingerprint density at radius 2 is 2.00 bits per heavy atom. The minimum Gasteiger partial charge on any atom is -0.481 e. The molecule has 0 aromatic heterocycles. The zero-order chi connectivity index (χ0) is 14.4. The van der Waals surface area contributed by atoms with Crippen LogP contribution in [0.3, 0.4) is 0 Å². The number of carboxylic acids is 1. The molecule has 3 N–H and O–H groups in total. The van der Waals surface area contributed by atoms with Crippen molar-refractivity contribution in [3.8, 4) is 0 Å². The molecule has 1 aliphatic rings. The van der Waals surface area contributed by atoms with E-state index < -0.39 is 5.97 Å². The molecule has 0 unspecified atom stereocenters. The first kappa shape index (κ1) is 14.4. The topological polar surface area (TPSA) is 78.4 Å². The minimum atomic E-state index is -0.913. The molecule has 0 heterocycles. The molecule has 0 saturated heterocycles. The standard InChI is InChI=1S/C15H20N2O3/c18-14(19)10-12-5-1-2-6-13(12)17-15(20)16-9-3-4-11-7-8-11/h1-2,5-6,11H,3-4,7-10H2,(H,18,19)(H2,16,17,20). The molecule has 0 bridgehead atoms. The summed E-state index contributed by atoms with van der Waals surface area (Å²) in [5.74, 6) is -0.0414. The Kier molecular flexibility index (Phi) is 4.98. The van der Waals surface area contributed by atoms with Crippen molar-refractivity contribution in [1.29, 1.82) is 0 Å². The fourth-order valence-electron chi connectivity index (χ4n) is 2.13. The van der Waals surface area contributed by atoms with Crippen LogP contribution in [0.1, 0.15) is 31.2 Å². The normalized spacial score (nSPS) is 13.8. The molecule has 1 fully saturated rings. The summed E-state index contributed by atoms with van der Waals surface area (Å²) in [6.45, 7) is 0.656. The number of carbonyl (C=O) groups excluding carboxylic acids is 1. The van der Waals surface area contributed by atoms with Gasteiger partial charge in [0.1, 0.15) is 0 Å². The number of hydrogen-bond donors (Lipinski definition) is 3. The van der Waals surface area contributed by atoms with Crippen molar-refractivity contribution in [1.82, 2.24) is 5.32 Å². The van der Waals surface area contributed by atoms with Crippen molar-refractivity contribution in [2.45, 2.75) is 32.1 Å². The Bertz CT molecular complexity index is 484. The summed E-state index contributed by atoms with van der Waals surface area (Å²) in [4.78, 5) is 22.5. The predicted octanol–water partition coefficient (Wildman–Crippen LogP) is 2.63. The second-order valence-corrected chi connectivity index (χ2v) is 5.19. The van der Waals surface area contributed by atoms with Crippen LogP contribution in [0.15, 0.2) is 24.3 Å². The van der Waals surface area contributed by atoms with Crippen LogP contribution >= 0.6 is 0 Å². The average Bonchev–Trinajstić information content (AvgIpc) is 3.20. The molecule has 5 heteroatoms. The first-order chi connectivity index (χ1) is 9.65.